The van der Waals surface area contributed by atoms with E-state index < -0.39 is 16.7 Å². The highest BCUT2D eigenvalue weighted by atomic mass is 35.5. The van der Waals surface area contributed by atoms with Crippen molar-refractivity contribution in [3.63, 3.8) is 0 Å². The van der Waals surface area contributed by atoms with E-state index in [1.165, 1.54) is 18.3 Å². The Hall–Kier alpha value is -2.49. The van der Waals surface area contributed by atoms with Crippen LogP contribution in [0.4, 0.5) is 5.82 Å². The molecule has 0 unspecified atom stereocenters. The largest absolute Gasteiger partial charge is 0.268 e. The zero-order chi connectivity index (χ0) is 15.9. The molecule has 1 aromatic carbocycles. The molecule has 2 amide bonds. The first kappa shape index (κ1) is 14.4. The Morgan fingerprint density at radius 2 is 1.73 bits per heavy atom. The topological polar surface area (TPSA) is 86.9 Å². The van der Waals surface area contributed by atoms with E-state index in [1.54, 1.807) is 18.2 Å². The molecule has 0 saturated carbocycles. The number of alkyl halides is 2. The van der Waals surface area contributed by atoms with Gasteiger partial charge >= 0.3 is 0 Å². The Bertz CT molecular complexity index is 810. The lowest BCUT2D eigenvalue weighted by Crippen LogP contribution is -2.31. The van der Waals surface area contributed by atoms with Crippen LogP contribution < -0.4 is 4.90 Å². The Kier molecular flexibility index (Phi) is 3.53. The van der Waals surface area contributed by atoms with Crippen LogP contribution in [0.25, 0.3) is 0 Å². The molecule has 1 aliphatic heterocycles. The van der Waals surface area contributed by atoms with Gasteiger partial charge in [0.05, 0.1) is 23.0 Å². The van der Waals surface area contributed by atoms with Crippen molar-refractivity contribution in [2.45, 2.75) is 4.84 Å². The Morgan fingerprint density at radius 1 is 1.14 bits per heavy atom. The van der Waals surface area contributed by atoms with Crippen molar-refractivity contribution < 1.29 is 9.59 Å². The molecule has 0 radical (unpaired) electrons. The van der Waals surface area contributed by atoms with Gasteiger partial charge in [-0.1, -0.05) is 35.3 Å². The molecule has 2 heterocycles. The molecule has 22 heavy (non-hydrogen) atoms. The van der Waals surface area contributed by atoms with Crippen molar-refractivity contribution in [2.75, 3.05) is 4.90 Å². The number of aromatic nitrogens is 2. The number of nitriles is 1. The molecular weight excluding hydrogens is 327 g/mol. The van der Waals surface area contributed by atoms with E-state index in [0.717, 1.165) is 4.90 Å². The van der Waals surface area contributed by atoms with Gasteiger partial charge in [0, 0.05) is 0 Å². The van der Waals surface area contributed by atoms with Gasteiger partial charge in [0.2, 0.25) is 0 Å². The number of carbonyl (C=O) groups is 2. The van der Waals surface area contributed by atoms with Crippen LogP contribution >= 0.6 is 23.2 Å². The van der Waals surface area contributed by atoms with Gasteiger partial charge in [-0.2, -0.15) is 5.26 Å². The van der Waals surface area contributed by atoms with Gasteiger partial charge in [-0.25, -0.2) is 14.9 Å². The molecule has 0 fully saturated rings. The molecule has 8 heteroatoms. The first-order valence-corrected chi connectivity index (χ1v) is 6.95. The molecular formula is C14H6Cl2N4O2. The monoisotopic (exact) mass is 332 g/mol. The highest BCUT2D eigenvalue weighted by Crippen LogP contribution is 2.30. The molecule has 3 rings (SSSR count). The zero-order valence-electron chi connectivity index (χ0n) is 10.8. The number of hydrogen-bond donors (Lipinski definition) is 0. The molecule has 6 nitrogen and oxygen atoms in total. The van der Waals surface area contributed by atoms with Crippen LogP contribution in [-0.4, -0.2) is 21.8 Å². The van der Waals surface area contributed by atoms with Crippen LogP contribution in [0, 0.1) is 11.3 Å². The third-order valence-electron chi connectivity index (χ3n) is 3.11. The van der Waals surface area contributed by atoms with E-state index in [2.05, 4.69) is 9.97 Å². The summed E-state index contributed by atoms with van der Waals surface area (Å²) in [4.78, 5) is 32.5. The van der Waals surface area contributed by atoms with Gasteiger partial charge in [0.25, 0.3) is 11.8 Å². The second-order valence-corrected chi connectivity index (χ2v) is 5.47. The Morgan fingerprint density at radius 3 is 2.23 bits per heavy atom. The van der Waals surface area contributed by atoms with Crippen molar-refractivity contribution in [3.8, 4) is 6.07 Å². The quantitative estimate of drug-likeness (QED) is 0.623. The molecule has 2 aromatic rings. The zero-order valence-corrected chi connectivity index (χ0v) is 12.3. The fourth-order valence-corrected chi connectivity index (χ4v) is 2.33. The molecule has 0 atom stereocenters. The van der Waals surface area contributed by atoms with E-state index in [0.29, 0.717) is 0 Å². The summed E-state index contributed by atoms with van der Waals surface area (Å²) in [5.41, 5.74) is 0.489. The lowest BCUT2D eigenvalue weighted by atomic mass is 10.1. The standard InChI is InChI=1S/C14H6Cl2N4O2/c15-11(16)10-6-18-12(9(5-17)19-10)20-13(21)7-3-1-2-4-8(7)14(20)22/h1-4,6,11H. The van der Waals surface area contributed by atoms with E-state index in [-0.39, 0.29) is 28.3 Å². The summed E-state index contributed by atoms with van der Waals surface area (Å²) >= 11 is 11.4. The third kappa shape index (κ3) is 2.11. The lowest BCUT2D eigenvalue weighted by Gasteiger charge is -2.14. The molecule has 0 saturated heterocycles. The van der Waals surface area contributed by atoms with Crippen molar-refractivity contribution in [1.82, 2.24) is 9.97 Å². The van der Waals surface area contributed by atoms with Crippen molar-refractivity contribution in [3.05, 3.63) is 53.0 Å². The summed E-state index contributed by atoms with van der Waals surface area (Å²) in [6.07, 6.45) is 1.23. The average molecular weight is 333 g/mol. The van der Waals surface area contributed by atoms with Gasteiger partial charge < -0.3 is 0 Å². The summed E-state index contributed by atoms with van der Waals surface area (Å²) in [5, 5.41) is 9.19. The highest BCUT2D eigenvalue weighted by Gasteiger charge is 2.38. The summed E-state index contributed by atoms with van der Waals surface area (Å²) in [6.45, 7) is 0. The molecule has 0 bridgehead atoms. The number of imide groups is 1. The number of carbonyl (C=O) groups excluding carboxylic acids is 2. The van der Waals surface area contributed by atoms with Gasteiger partial charge in [0.1, 0.15) is 6.07 Å². The molecule has 108 valence electrons. The maximum atomic E-state index is 12.4. The number of amides is 2. The van der Waals surface area contributed by atoms with E-state index >= 15 is 0 Å². The van der Waals surface area contributed by atoms with Crippen LogP contribution in [0.15, 0.2) is 30.5 Å². The molecule has 0 spiro atoms. The molecule has 1 aromatic heterocycles. The van der Waals surface area contributed by atoms with Crippen LogP contribution in [0.3, 0.4) is 0 Å². The van der Waals surface area contributed by atoms with E-state index in [1.807, 2.05) is 0 Å². The van der Waals surface area contributed by atoms with Gasteiger partial charge in [0.15, 0.2) is 16.3 Å². The first-order valence-electron chi connectivity index (χ1n) is 6.07. The number of rotatable bonds is 2. The van der Waals surface area contributed by atoms with Gasteiger partial charge in [-0.05, 0) is 12.1 Å². The van der Waals surface area contributed by atoms with Crippen molar-refractivity contribution >= 4 is 40.8 Å². The molecule has 0 N–H and O–H groups in total. The van der Waals surface area contributed by atoms with E-state index in [4.69, 9.17) is 23.2 Å². The summed E-state index contributed by atoms with van der Waals surface area (Å²) in [5.74, 6) is -1.23. The number of hydrogen-bond acceptors (Lipinski definition) is 5. The van der Waals surface area contributed by atoms with Crippen LogP contribution in [0.2, 0.25) is 0 Å². The number of benzene rings is 1. The lowest BCUT2D eigenvalue weighted by molar-refractivity contribution is 0.0925. The Labute approximate surface area is 134 Å². The third-order valence-corrected chi connectivity index (χ3v) is 3.55. The molecule has 0 aliphatic carbocycles. The number of anilines is 1. The van der Waals surface area contributed by atoms with Gasteiger partial charge in [-0.3, -0.25) is 9.59 Å². The fraction of sp³-hybridized carbons (Fsp3) is 0.0714. The Balaban J connectivity index is 2.12. The maximum Gasteiger partial charge on any atom is 0.267 e. The minimum Gasteiger partial charge on any atom is -0.268 e. The van der Waals surface area contributed by atoms with Crippen molar-refractivity contribution in [2.24, 2.45) is 0 Å². The summed E-state index contributed by atoms with van der Waals surface area (Å²) in [6, 6.07) is 8.18. The SMILES string of the molecule is N#Cc1nc(C(Cl)Cl)cnc1N1C(=O)c2ccccc2C1=O. The maximum absolute atomic E-state index is 12.4. The fourth-order valence-electron chi connectivity index (χ4n) is 2.12. The van der Waals surface area contributed by atoms with Gasteiger partial charge in [-0.15, -0.1) is 0 Å². The molecule has 1 aliphatic rings. The smallest absolute Gasteiger partial charge is 0.267 e. The van der Waals surface area contributed by atoms with Crippen LogP contribution in [0.1, 0.15) is 36.9 Å². The normalized spacial score (nSPS) is 13.5. The minimum atomic E-state index is -0.962. The second-order valence-electron chi connectivity index (χ2n) is 4.37. The second kappa shape index (κ2) is 5.37. The summed E-state index contributed by atoms with van der Waals surface area (Å²) < 4.78 is 0. The minimum absolute atomic E-state index is 0.133. The predicted octanol–water partition coefficient (Wildman–Crippen LogP) is 2.63. The average Bonchev–Trinajstić information content (AvgIpc) is 2.78. The predicted molar refractivity (Wildman–Crippen MR) is 78.8 cm³/mol. The number of halogens is 2. The van der Waals surface area contributed by atoms with Crippen LogP contribution in [0.5, 0.6) is 0 Å². The summed E-state index contributed by atoms with van der Waals surface area (Å²) in [7, 11) is 0. The number of nitrogens with zero attached hydrogens (tertiary/aromatic N) is 4. The first-order chi connectivity index (χ1) is 10.5. The highest BCUT2D eigenvalue weighted by molar-refractivity contribution is 6.43. The van der Waals surface area contributed by atoms with Crippen LogP contribution in [-0.2, 0) is 0 Å². The number of fused-ring (bicyclic) bond motifs is 1. The van der Waals surface area contributed by atoms with Crippen molar-refractivity contribution in [1.29, 1.82) is 5.26 Å². The van der Waals surface area contributed by atoms with E-state index in [9.17, 15) is 14.9 Å².